The first-order valence-electron chi connectivity index (χ1n) is 5.91. The topological polar surface area (TPSA) is 38.3 Å². The van der Waals surface area contributed by atoms with Crippen molar-refractivity contribution in [3.8, 4) is 0 Å². The van der Waals surface area contributed by atoms with Gasteiger partial charge in [0, 0.05) is 5.02 Å². The molecule has 112 valence electrons. The van der Waals surface area contributed by atoms with Crippen LogP contribution in [0.15, 0.2) is 24.3 Å². The van der Waals surface area contributed by atoms with Crippen molar-refractivity contribution in [3.63, 3.8) is 0 Å². The Bertz CT molecular complexity index is 462. The molecule has 1 N–H and O–H groups in total. The van der Waals surface area contributed by atoms with E-state index in [0.29, 0.717) is 10.6 Å². The van der Waals surface area contributed by atoms with Crippen molar-refractivity contribution in [1.29, 1.82) is 0 Å². The third-order valence-corrected chi connectivity index (χ3v) is 3.24. The molecule has 1 atom stereocenters. The number of nitrogens with one attached hydrogen (secondary N) is 1. The molecule has 1 aromatic carbocycles. The number of benzene rings is 1. The molecule has 0 saturated heterocycles. The van der Waals surface area contributed by atoms with Crippen LogP contribution in [0.4, 0.5) is 13.2 Å². The average molecular weight is 310 g/mol. The Morgan fingerprint density at radius 3 is 2.25 bits per heavy atom. The van der Waals surface area contributed by atoms with E-state index < -0.39 is 24.2 Å². The molecule has 0 fully saturated rings. The van der Waals surface area contributed by atoms with Gasteiger partial charge in [0.2, 0.25) is 0 Å². The zero-order valence-corrected chi connectivity index (χ0v) is 11.8. The van der Waals surface area contributed by atoms with Gasteiger partial charge in [-0.1, -0.05) is 30.7 Å². The van der Waals surface area contributed by atoms with Crippen molar-refractivity contribution in [2.24, 2.45) is 0 Å². The number of carbonyl (C=O) groups excluding carboxylic acids is 1. The van der Waals surface area contributed by atoms with Gasteiger partial charge >= 0.3 is 12.1 Å². The van der Waals surface area contributed by atoms with Gasteiger partial charge in [0.05, 0.1) is 13.7 Å². The lowest BCUT2D eigenvalue weighted by atomic mass is 9.87. The number of halogens is 4. The number of methoxy groups -OCH3 is 1. The van der Waals surface area contributed by atoms with Crippen LogP contribution in [-0.4, -0.2) is 25.8 Å². The van der Waals surface area contributed by atoms with E-state index in [0.717, 1.165) is 7.11 Å². The van der Waals surface area contributed by atoms with Crippen LogP contribution in [0, 0.1) is 0 Å². The zero-order chi connectivity index (χ0) is 15.4. The van der Waals surface area contributed by atoms with Crippen LogP contribution >= 0.6 is 11.6 Å². The van der Waals surface area contributed by atoms with E-state index in [2.05, 4.69) is 10.1 Å². The molecule has 1 aromatic rings. The van der Waals surface area contributed by atoms with Gasteiger partial charge in [-0.3, -0.25) is 5.32 Å². The number of esters is 1. The number of rotatable bonds is 5. The van der Waals surface area contributed by atoms with Gasteiger partial charge in [0.1, 0.15) is 5.54 Å². The molecule has 0 saturated carbocycles. The second-order valence-electron chi connectivity index (χ2n) is 4.23. The molecule has 0 amide bonds. The maximum absolute atomic E-state index is 12.4. The fourth-order valence-electron chi connectivity index (χ4n) is 1.93. The molecule has 3 nitrogen and oxygen atoms in total. The Labute approximate surface area is 120 Å². The monoisotopic (exact) mass is 309 g/mol. The standard InChI is InChI=1S/C13H15ClF3NO2/c1-3-12(11(19)20-2,18-8-13(15,16)17)9-4-6-10(14)7-5-9/h4-7,18H,3,8H2,1-2H3. The molecule has 7 heteroatoms. The molecule has 0 radical (unpaired) electrons. The highest BCUT2D eigenvalue weighted by atomic mass is 35.5. The molecular formula is C13H15ClF3NO2. The van der Waals surface area contributed by atoms with Crippen LogP contribution in [0.25, 0.3) is 0 Å². The van der Waals surface area contributed by atoms with Gasteiger partial charge in [0.25, 0.3) is 0 Å². The van der Waals surface area contributed by atoms with Crippen LogP contribution in [0.2, 0.25) is 5.02 Å². The summed E-state index contributed by atoms with van der Waals surface area (Å²) in [5, 5.41) is 2.70. The van der Waals surface area contributed by atoms with Gasteiger partial charge in [0.15, 0.2) is 0 Å². The predicted octanol–water partition coefficient (Wildman–Crippen LogP) is 3.27. The predicted molar refractivity (Wildman–Crippen MR) is 69.5 cm³/mol. The van der Waals surface area contributed by atoms with Crippen LogP contribution in [0.3, 0.4) is 0 Å². The smallest absolute Gasteiger partial charge is 0.401 e. The van der Waals surface area contributed by atoms with Crippen molar-refractivity contribution in [3.05, 3.63) is 34.9 Å². The lowest BCUT2D eigenvalue weighted by molar-refractivity contribution is -0.154. The number of alkyl halides is 3. The van der Waals surface area contributed by atoms with Crippen LogP contribution in [0.5, 0.6) is 0 Å². The molecule has 0 spiro atoms. The fourth-order valence-corrected chi connectivity index (χ4v) is 2.05. The minimum Gasteiger partial charge on any atom is -0.467 e. The lowest BCUT2D eigenvalue weighted by Crippen LogP contribution is -2.52. The highest BCUT2D eigenvalue weighted by molar-refractivity contribution is 6.30. The molecule has 0 aliphatic carbocycles. The molecule has 0 aliphatic heterocycles. The molecular weight excluding hydrogens is 295 g/mol. The first kappa shape index (κ1) is 16.8. The quantitative estimate of drug-likeness (QED) is 0.848. The third kappa shape index (κ3) is 3.86. The molecule has 0 aromatic heterocycles. The first-order valence-corrected chi connectivity index (χ1v) is 6.29. The SMILES string of the molecule is CCC(NCC(F)(F)F)(C(=O)OC)c1ccc(Cl)cc1. The van der Waals surface area contributed by atoms with E-state index in [1.54, 1.807) is 6.92 Å². The Morgan fingerprint density at radius 1 is 1.30 bits per heavy atom. The van der Waals surface area contributed by atoms with E-state index in [1.807, 2.05) is 0 Å². The summed E-state index contributed by atoms with van der Waals surface area (Å²) < 4.78 is 42.0. The summed E-state index contributed by atoms with van der Waals surface area (Å²) in [4.78, 5) is 12.0. The largest absolute Gasteiger partial charge is 0.467 e. The Hall–Kier alpha value is -1.27. The fraction of sp³-hybridized carbons (Fsp3) is 0.462. The van der Waals surface area contributed by atoms with Gasteiger partial charge < -0.3 is 4.74 Å². The summed E-state index contributed by atoms with van der Waals surface area (Å²) >= 11 is 5.75. The number of hydrogen-bond donors (Lipinski definition) is 1. The first-order chi connectivity index (χ1) is 9.25. The van der Waals surface area contributed by atoms with Crippen molar-refractivity contribution >= 4 is 17.6 Å². The Morgan fingerprint density at radius 2 is 1.85 bits per heavy atom. The maximum atomic E-state index is 12.4. The average Bonchev–Trinajstić information content (AvgIpc) is 2.40. The molecule has 0 aliphatic rings. The van der Waals surface area contributed by atoms with Crippen LogP contribution in [-0.2, 0) is 15.1 Å². The maximum Gasteiger partial charge on any atom is 0.401 e. The van der Waals surface area contributed by atoms with E-state index in [1.165, 1.54) is 24.3 Å². The third-order valence-electron chi connectivity index (χ3n) is 2.99. The molecule has 0 bridgehead atoms. The van der Waals surface area contributed by atoms with Gasteiger partial charge in [-0.2, -0.15) is 13.2 Å². The Balaban J connectivity index is 3.17. The number of carbonyl (C=O) groups is 1. The van der Waals surface area contributed by atoms with Crippen LogP contribution < -0.4 is 5.32 Å². The Kier molecular flexibility index (Phi) is 5.42. The highest BCUT2D eigenvalue weighted by Gasteiger charge is 2.42. The minimum absolute atomic E-state index is 0.109. The van der Waals surface area contributed by atoms with Crippen molar-refractivity contribution in [1.82, 2.24) is 5.32 Å². The van der Waals surface area contributed by atoms with E-state index in [4.69, 9.17) is 11.6 Å². The zero-order valence-electron chi connectivity index (χ0n) is 11.1. The van der Waals surface area contributed by atoms with E-state index >= 15 is 0 Å². The van der Waals surface area contributed by atoms with Crippen molar-refractivity contribution < 1.29 is 22.7 Å². The summed E-state index contributed by atoms with van der Waals surface area (Å²) in [5.41, 5.74) is -1.17. The van der Waals surface area contributed by atoms with E-state index in [-0.39, 0.29) is 6.42 Å². The normalized spacial score (nSPS) is 14.7. The number of ether oxygens (including phenoxy) is 1. The number of hydrogen-bond acceptors (Lipinski definition) is 3. The van der Waals surface area contributed by atoms with Crippen molar-refractivity contribution in [2.45, 2.75) is 25.1 Å². The van der Waals surface area contributed by atoms with E-state index in [9.17, 15) is 18.0 Å². The summed E-state index contributed by atoms with van der Waals surface area (Å²) in [5.74, 6) is -0.772. The molecule has 1 unspecified atom stereocenters. The molecule has 1 rings (SSSR count). The summed E-state index contributed by atoms with van der Waals surface area (Å²) in [6.45, 7) is 0.313. The summed E-state index contributed by atoms with van der Waals surface area (Å²) in [6.07, 6.45) is -4.32. The van der Waals surface area contributed by atoms with Gasteiger partial charge in [-0.05, 0) is 24.1 Å². The summed E-state index contributed by atoms with van der Waals surface area (Å²) in [7, 11) is 1.14. The van der Waals surface area contributed by atoms with Gasteiger partial charge in [-0.15, -0.1) is 0 Å². The highest BCUT2D eigenvalue weighted by Crippen LogP contribution is 2.29. The van der Waals surface area contributed by atoms with Crippen LogP contribution in [0.1, 0.15) is 18.9 Å². The lowest BCUT2D eigenvalue weighted by Gasteiger charge is -2.32. The second-order valence-corrected chi connectivity index (χ2v) is 4.66. The second kappa shape index (κ2) is 6.45. The molecule has 20 heavy (non-hydrogen) atoms. The van der Waals surface area contributed by atoms with Gasteiger partial charge in [-0.25, -0.2) is 4.79 Å². The minimum atomic E-state index is -4.43. The summed E-state index contributed by atoms with van der Waals surface area (Å²) in [6, 6.07) is 6.04. The molecule has 0 heterocycles. The van der Waals surface area contributed by atoms with Crippen molar-refractivity contribution in [2.75, 3.05) is 13.7 Å².